The number of thiophene rings is 1. The van der Waals surface area contributed by atoms with Gasteiger partial charge in [0.2, 0.25) is 0 Å². The van der Waals surface area contributed by atoms with Crippen molar-refractivity contribution in [2.45, 2.75) is 52.6 Å². The minimum absolute atomic E-state index is 0.175. The number of hydrogen-bond acceptors (Lipinski definition) is 4. The van der Waals surface area contributed by atoms with Gasteiger partial charge < -0.3 is 4.74 Å². The number of aryl methyl sites for hydroxylation is 3. The molecule has 5 nitrogen and oxygen atoms in total. The number of hydrogen-bond donors (Lipinski definition) is 0. The molecule has 190 valence electrons. The Bertz CT molecular complexity index is 1610. The van der Waals surface area contributed by atoms with E-state index in [1.807, 2.05) is 47.9 Å². The quantitative estimate of drug-likeness (QED) is 0.204. The summed E-state index contributed by atoms with van der Waals surface area (Å²) < 4.78 is 10.2. The number of aromatic nitrogens is 2. The van der Waals surface area contributed by atoms with Crippen LogP contribution in [0.2, 0.25) is 0 Å². The number of esters is 1. The van der Waals surface area contributed by atoms with Crippen LogP contribution in [0.15, 0.2) is 76.9 Å². The molecule has 0 aliphatic heterocycles. The van der Waals surface area contributed by atoms with E-state index in [0.29, 0.717) is 13.0 Å². The van der Waals surface area contributed by atoms with E-state index in [9.17, 15) is 9.59 Å². The minimum Gasteiger partial charge on any atom is -0.464 e. The highest BCUT2D eigenvalue weighted by atomic mass is 32.1. The summed E-state index contributed by atoms with van der Waals surface area (Å²) in [7, 11) is 0. The first-order valence-corrected chi connectivity index (χ1v) is 13.7. The van der Waals surface area contributed by atoms with E-state index >= 15 is 0 Å². The van der Waals surface area contributed by atoms with Gasteiger partial charge in [0.05, 0.1) is 24.2 Å². The van der Waals surface area contributed by atoms with Crippen LogP contribution in [0.4, 0.5) is 0 Å². The zero-order valence-corrected chi connectivity index (χ0v) is 22.4. The second kappa shape index (κ2) is 10.8. The van der Waals surface area contributed by atoms with Gasteiger partial charge in [0.25, 0.3) is 0 Å². The lowest BCUT2D eigenvalue weighted by molar-refractivity contribution is -0.147. The molecule has 0 aliphatic rings. The van der Waals surface area contributed by atoms with Gasteiger partial charge in [-0.15, -0.1) is 11.3 Å². The molecule has 0 bridgehead atoms. The lowest BCUT2D eigenvalue weighted by Crippen LogP contribution is -2.32. The Balaban J connectivity index is 1.57. The van der Waals surface area contributed by atoms with Crippen molar-refractivity contribution in [3.63, 3.8) is 0 Å². The highest BCUT2D eigenvalue weighted by molar-refractivity contribution is 7.17. The second-order valence-corrected chi connectivity index (χ2v) is 10.5. The molecule has 0 radical (unpaired) electrons. The van der Waals surface area contributed by atoms with E-state index in [1.54, 1.807) is 22.8 Å². The fraction of sp³-hybridized carbons (Fsp3) is 0.290. The van der Waals surface area contributed by atoms with Crippen molar-refractivity contribution in [2.75, 3.05) is 6.61 Å². The number of fused-ring (bicyclic) bond motifs is 2. The Morgan fingerprint density at radius 1 is 1.00 bits per heavy atom. The van der Waals surface area contributed by atoms with Crippen LogP contribution in [0.3, 0.4) is 0 Å². The monoisotopic (exact) mass is 512 g/mol. The van der Waals surface area contributed by atoms with Crippen molar-refractivity contribution in [2.24, 2.45) is 0 Å². The Kier molecular flexibility index (Phi) is 7.28. The summed E-state index contributed by atoms with van der Waals surface area (Å²) in [6, 6.07) is 21.9. The predicted molar refractivity (Wildman–Crippen MR) is 152 cm³/mol. The molecule has 2 aromatic heterocycles. The van der Waals surface area contributed by atoms with E-state index < -0.39 is 6.04 Å². The molecule has 1 atom stereocenters. The third kappa shape index (κ3) is 4.98. The first-order valence-electron chi connectivity index (χ1n) is 12.9. The maximum absolute atomic E-state index is 14.1. The Hall–Kier alpha value is -3.64. The van der Waals surface area contributed by atoms with Crippen LogP contribution in [-0.2, 0) is 22.5 Å². The van der Waals surface area contributed by atoms with E-state index in [0.717, 1.165) is 35.0 Å². The van der Waals surface area contributed by atoms with E-state index in [4.69, 9.17) is 4.74 Å². The molecule has 5 rings (SSSR count). The first-order chi connectivity index (χ1) is 18.0. The van der Waals surface area contributed by atoms with Gasteiger partial charge in [-0.05, 0) is 85.9 Å². The second-order valence-electron chi connectivity index (χ2n) is 9.59. The molecule has 6 heteroatoms. The normalized spacial score (nSPS) is 12.3. The van der Waals surface area contributed by atoms with Gasteiger partial charge in [0.15, 0.2) is 0 Å². The molecule has 1 unspecified atom stereocenters. The summed E-state index contributed by atoms with van der Waals surface area (Å²) in [6.45, 7) is 6.66. The van der Waals surface area contributed by atoms with E-state index in [-0.39, 0.29) is 18.3 Å². The van der Waals surface area contributed by atoms with Crippen LogP contribution in [0.25, 0.3) is 21.1 Å². The van der Waals surface area contributed by atoms with Crippen molar-refractivity contribution >= 4 is 38.4 Å². The zero-order chi connectivity index (χ0) is 25.9. The van der Waals surface area contributed by atoms with Gasteiger partial charge in [0, 0.05) is 10.1 Å². The molecule has 0 spiro atoms. The fourth-order valence-corrected chi connectivity index (χ4v) is 6.24. The number of carbonyl (C=O) groups excluding carboxylic acids is 1. The van der Waals surface area contributed by atoms with Crippen LogP contribution in [0.5, 0.6) is 0 Å². The highest BCUT2D eigenvalue weighted by Gasteiger charge is 2.28. The molecule has 0 aliphatic carbocycles. The third-order valence-electron chi connectivity index (χ3n) is 6.99. The lowest BCUT2D eigenvalue weighted by Gasteiger charge is -2.17. The molecule has 5 aromatic rings. The standard InChI is InChI=1S/C31H32N2O3S/c1-4-36-30(34)26(14-9-13-23-11-6-5-7-12-23)33-27-18-21(2)16-17-25(27)32(31(33)35)19-24-20-37-28-15-8-10-22(3)29(24)28/h5-8,10-12,15-18,20,26H,4,9,13-14,19H2,1-3H3. The number of nitrogens with zero attached hydrogens (tertiary/aromatic N) is 2. The number of rotatable bonds is 9. The summed E-state index contributed by atoms with van der Waals surface area (Å²) in [4.78, 5) is 27.3. The Morgan fingerprint density at radius 2 is 1.81 bits per heavy atom. The molecular formula is C31H32N2O3S. The Labute approximate surface area is 220 Å². The molecule has 0 fully saturated rings. The minimum atomic E-state index is -0.678. The molecule has 2 heterocycles. The van der Waals surface area contributed by atoms with Gasteiger partial charge in [-0.1, -0.05) is 48.5 Å². The van der Waals surface area contributed by atoms with Gasteiger partial charge in [-0.2, -0.15) is 0 Å². The van der Waals surface area contributed by atoms with Gasteiger partial charge in [-0.3, -0.25) is 9.13 Å². The van der Waals surface area contributed by atoms with Gasteiger partial charge >= 0.3 is 11.7 Å². The molecule has 3 aromatic carbocycles. The summed E-state index contributed by atoms with van der Waals surface area (Å²) in [5.74, 6) is -0.352. The molecule has 37 heavy (non-hydrogen) atoms. The number of ether oxygens (including phenoxy) is 1. The highest BCUT2D eigenvalue weighted by Crippen LogP contribution is 2.31. The van der Waals surface area contributed by atoms with Crippen molar-refractivity contribution in [3.8, 4) is 0 Å². The summed E-state index contributed by atoms with van der Waals surface area (Å²) in [5.41, 5.74) is 6.02. The molecule has 0 N–H and O–H groups in total. The number of imidazole rings is 1. The molecule has 0 saturated heterocycles. The van der Waals surface area contributed by atoms with Crippen LogP contribution < -0.4 is 5.69 Å². The van der Waals surface area contributed by atoms with Crippen molar-refractivity contribution in [3.05, 3.63) is 105 Å². The summed E-state index contributed by atoms with van der Waals surface area (Å²) in [6.07, 6.45) is 2.14. The molecule has 0 amide bonds. The smallest absolute Gasteiger partial charge is 0.330 e. The third-order valence-corrected chi connectivity index (χ3v) is 7.98. The summed E-state index contributed by atoms with van der Waals surface area (Å²) >= 11 is 1.70. The lowest BCUT2D eigenvalue weighted by atomic mass is 10.0. The van der Waals surface area contributed by atoms with Crippen molar-refractivity contribution < 1.29 is 9.53 Å². The average molecular weight is 513 g/mol. The largest absolute Gasteiger partial charge is 0.464 e. The van der Waals surface area contributed by atoms with Crippen LogP contribution in [0, 0.1) is 13.8 Å². The van der Waals surface area contributed by atoms with Gasteiger partial charge in [-0.25, -0.2) is 9.59 Å². The van der Waals surface area contributed by atoms with Crippen LogP contribution >= 0.6 is 11.3 Å². The molecule has 0 saturated carbocycles. The molecular weight excluding hydrogens is 480 g/mol. The van der Waals surface area contributed by atoms with Gasteiger partial charge in [0.1, 0.15) is 6.04 Å². The summed E-state index contributed by atoms with van der Waals surface area (Å²) in [5, 5.41) is 3.35. The predicted octanol–water partition coefficient (Wildman–Crippen LogP) is 6.81. The maximum atomic E-state index is 14.1. The fourth-order valence-electron chi connectivity index (χ4n) is 5.21. The zero-order valence-electron chi connectivity index (χ0n) is 21.6. The number of carbonyl (C=O) groups is 1. The van der Waals surface area contributed by atoms with E-state index in [1.165, 1.54) is 21.2 Å². The van der Waals surface area contributed by atoms with Crippen LogP contribution in [0.1, 0.15) is 48.1 Å². The Morgan fingerprint density at radius 3 is 2.59 bits per heavy atom. The van der Waals surface area contributed by atoms with Crippen molar-refractivity contribution in [1.29, 1.82) is 0 Å². The SMILES string of the molecule is CCOC(=O)C(CCCc1ccccc1)n1c(=O)n(Cc2csc3cccc(C)c23)c2ccc(C)cc21. The van der Waals surface area contributed by atoms with E-state index in [2.05, 4.69) is 42.6 Å². The van der Waals surface area contributed by atoms with Crippen LogP contribution in [-0.4, -0.2) is 21.7 Å². The number of benzene rings is 3. The average Bonchev–Trinajstić information content (AvgIpc) is 3.42. The maximum Gasteiger partial charge on any atom is 0.330 e. The van der Waals surface area contributed by atoms with Crippen molar-refractivity contribution in [1.82, 2.24) is 9.13 Å². The topological polar surface area (TPSA) is 53.2 Å². The first kappa shape index (κ1) is 25.0.